The Labute approximate surface area is 80.5 Å². The van der Waals surface area contributed by atoms with E-state index in [-0.39, 0.29) is 5.91 Å². The van der Waals surface area contributed by atoms with E-state index in [0.717, 1.165) is 0 Å². The molecule has 6 nitrogen and oxygen atoms in total. The lowest BCUT2D eigenvalue weighted by molar-refractivity contribution is -0.122. The largest absolute Gasteiger partial charge is 0.467 e. The van der Waals surface area contributed by atoms with Crippen molar-refractivity contribution in [3.05, 3.63) is 34.6 Å². The van der Waals surface area contributed by atoms with E-state index in [0.29, 0.717) is 12.3 Å². The minimum absolute atomic E-state index is 0.303. The molecule has 1 aromatic rings. The van der Waals surface area contributed by atoms with Gasteiger partial charge in [-0.05, 0) is 24.6 Å². The van der Waals surface area contributed by atoms with Crippen molar-refractivity contribution in [2.45, 2.75) is 19.5 Å². The summed E-state index contributed by atoms with van der Waals surface area (Å²) in [5.41, 5.74) is 8.10. The van der Waals surface area contributed by atoms with Gasteiger partial charge in [0.1, 0.15) is 11.8 Å². The lowest BCUT2D eigenvalue weighted by Gasteiger charge is -2.04. The monoisotopic (exact) mass is 194 g/mol. The van der Waals surface area contributed by atoms with Crippen LogP contribution in [-0.4, -0.2) is 11.9 Å². The van der Waals surface area contributed by atoms with Crippen molar-refractivity contribution in [1.29, 1.82) is 0 Å². The standard InChI is InChI=1S/C8H10N4O2/c1-6(11-12-9)8(13)10-5-7-3-2-4-14-7/h2-4,6H,5H2,1H3,(H,10,13). The summed E-state index contributed by atoms with van der Waals surface area (Å²) in [7, 11) is 0. The fourth-order valence-electron chi connectivity index (χ4n) is 0.865. The molecule has 14 heavy (non-hydrogen) atoms. The van der Waals surface area contributed by atoms with Gasteiger partial charge in [0.25, 0.3) is 0 Å². The number of rotatable bonds is 4. The third-order valence-electron chi connectivity index (χ3n) is 1.62. The minimum Gasteiger partial charge on any atom is -0.467 e. The molecule has 1 unspecified atom stereocenters. The molecule has 0 saturated heterocycles. The molecule has 0 aliphatic rings. The molecule has 0 bridgehead atoms. The Morgan fingerprint density at radius 3 is 3.21 bits per heavy atom. The Bertz CT molecular complexity index is 340. The Kier molecular flexibility index (Phi) is 3.58. The van der Waals surface area contributed by atoms with Crippen LogP contribution in [0.25, 0.3) is 10.4 Å². The van der Waals surface area contributed by atoms with Gasteiger partial charge in [0.2, 0.25) is 5.91 Å². The molecule has 6 heteroatoms. The van der Waals surface area contributed by atoms with Crippen LogP contribution in [0.15, 0.2) is 27.9 Å². The van der Waals surface area contributed by atoms with Gasteiger partial charge < -0.3 is 9.73 Å². The minimum atomic E-state index is -0.699. The lowest BCUT2D eigenvalue weighted by Crippen LogP contribution is -2.30. The molecule has 1 aromatic heterocycles. The summed E-state index contributed by atoms with van der Waals surface area (Å²) < 4.78 is 5.01. The summed E-state index contributed by atoms with van der Waals surface area (Å²) >= 11 is 0. The van der Waals surface area contributed by atoms with Gasteiger partial charge in [-0.25, -0.2) is 0 Å². The van der Waals surface area contributed by atoms with E-state index in [1.807, 2.05) is 0 Å². The van der Waals surface area contributed by atoms with Crippen molar-refractivity contribution in [2.24, 2.45) is 5.11 Å². The number of hydrogen-bond donors (Lipinski definition) is 1. The topological polar surface area (TPSA) is 91.0 Å². The zero-order chi connectivity index (χ0) is 10.4. The van der Waals surface area contributed by atoms with Crippen LogP contribution in [0.4, 0.5) is 0 Å². The molecular formula is C8H10N4O2. The molecule has 74 valence electrons. The van der Waals surface area contributed by atoms with E-state index in [2.05, 4.69) is 15.3 Å². The van der Waals surface area contributed by atoms with Crippen molar-refractivity contribution in [3.63, 3.8) is 0 Å². The molecule has 0 aliphatic carbocycles. The molecule has 1 heterocycles. The second-order valence-electron chi connectivity index (χ2n) is 2.68. The quantitative estimate of drug-likeness (QED) is 0.448. The summed E-state index contributed by atoms with van der Waals surface area (Å²) in [6, 6.07) is 2.78. The Balaban J connectivity index is 2.38. The Morgan fingerprint density at radius 2 is 2.64 bits per heavy atom. The third kappa shape index (κ3) is 2.84. The summed E-state index contributed by atoms with van der Waals surface area (Å²) in [5, 5.41) is 5.83. The first kappa shape index (κ1) is 10.1. The van der Waals surface area contributed by atoms with E-state index in [9.17, 15) is 4.79 Å². The zero-order valence-electron chi connectivity index (χ0n) is 7.67. The van der Waals surface area contributed by atoms with Crippen LogP contribution in [0.3, 0.4) is 0 Å². The Hall–Kier alpha value is -1.94. The van der Waals surface area contributed by atoms with Crippen LogP contribution >= 0.6 is 0 Å². The maximum atomic E-state index is 11.2. The second-order valence-corrected chi connectivity index (χ2v) is 2.68. The molecule has 1 rings (SSSR count). The number of azide groups is 1. The molecule has 0 saturated carbocycles. The summed E-state index contributed by atoms with van der Waals surface area (Å²) in [5.74, 6) is 0.339. The Morgan fingerprint density at radius 1 is 1.86 bits per heavy atom. The van der Waals surface area contributed by atoms with Crippen LogP contribution in [0.1, 0.15) is 12.7 Å². The van der Waals surface area contributed by atoms with E-state index >= 15 is 0 Å². The van der Waals surface area contributed by atoms with E-state index < -0.39 is 6.04 Å². The summed E-state index contributed by atoms with van der Waals surface area (Å²) in [6.45, 7) is 1.83. The number of amides is 1. The number of nitrogens with one attached hydrogen (secondary N) is 1. The molecule has 0 fully saturated rings. The number of hydrogen-bond acceptors (Lipinski definition) is 3. The van der Waals surface area contributed by atoms with Crippen molar-refractivity contribution < 1.29 is 9.21 Å². The normalized spacial score (nSPS) is 11.5. The smallest absolute Gasteiger partial charge is 0.229 e. The zero-order valence-corrected chi connectivity index (χ0v) is 7.67. The first-order chi connectivity index (χ1) is 6.74. The summed E-state index contributed by atoms with van der Waals surface area (Å²) in [4.78, 5) is 13.8. The maximum Gasteiger partial charge on any atom is 0.229 e. The van der Waals surface area contributed by atoms with Gasteiger partial charge in [0, 0.05) is 4.91 Å². The molecule has 1 N–H and O–H groups in total. The van der Waals surface area contributed by atoms with E-state index in [1.54, 1.807) is 12.1 Å². The van der Waals surface area contributed by atoms with Crippen molar-refractivity contribution in [2.75, 3.05) is 0 Å². The van der Waals surface area contributed by atoms with Gasteiger partial charge in [-0.2, -0.15) is 0 Å². The molecular weight excluding hydrogens is 184 g/mol. The number of furan rings is 1. The molecule has 1 amide bonds. The number of carbonyl (C=O) groups is 1. The first-order valence-electron chi connectivity index (χ1n) is 4.08. The maximum absolute atomic E-state index is 11.2. The van der Waals surface area contributed by atoms with Gasteiger partial charge in [-0.1, -0.05) is 5.11 Å². The predicted molar refractivity (Wildman–Crippen MR) is 49.2 cm³/mol. The first-order valence-corrected chi connectivity index (χ1v) is 4.08. The van der Waals surface area contributed by atoms with Crippen LogP contribution in [0.5, 0.6) is 0 Å². The van der Waals surface area contributed by atoms with E-state index in [1.165, 1.54) is 13.2 Å². The molecule has 0 radical (unpaired) electrons. The number of nitrogens with zero attached hydrogens (tertiary/aromatic N) is 3. The van der Waals surface area contributed by atoms with Crippen LogP contribution in [0.2, 0.25) is 0 Å². The van der Waals surface area contributed by atoms with Crippen LogP contribution < -0.4 is 5.32 Å². The molecule has 0 spiro atoms. The predicted octanol–water partition coefficient (Wildman–Crippen LogP) is 1.59. The van der Waals surface area contributed by atoms with Gasteiger partial charge in [0.05, 0.1) is 12.8 Å². The van der Waals surface area contributed by atoms with E-state index in [4.69, 9.17) is 9.95 Å². The SMILES string of the molecule is CC(N=[N+]=[N-])C(=O)NCc1ccco1. The highest BCUT2D eigenvalue weighted by Crippen LogP contribution is 1.99. The second kappa shape index (κ2) is 4.94. The highest BCUT2D eigenvalue weighted by Gasteiger charge is 2.09. The van der Waals surface area contributed by atoms with Gasteiger partial charge in [-0.3, -0.25) is 4.79 Å². The highest BCUT2D eigenvalue weighted by molar-refractivity contribution is 5.81. The fourth-order valence-corrected chi connectivity index (χ4v) is 0.865. The fraction of sp³-hybridized carbons (Fsp3) is 0.375. The van der Waals surface area contributed by atoms with Gasteiger partial charge in [-0.15, -0.1) is 0 Å². The van der Waals surface area contributed by atoms with Crippen molar-refractivity contribution >= 4 is 5.91 Å². The molecule has 0 aliphatic heterocycles. The van der Waals surface area contributed by atoms with Crippen molar-refractivity contribution in [1.82, 2.24) is 5.32 Å². The highest BCUT2D eigenvalue weighted by atomic mass is 16.3. The average Bonchev–Trinajstić information content (AvgIpc) is 2.67. The summed E-state index contributed by atoms with van der Waals surface area (Å²) in [6.07, 6.45) is 1.53. The van der Waals surface area contributed by atoms with Crippen LogP contribution in [-0.2, 0) is 11.3 Å². The number of carbonyl (C=O) groups excluding carboxylic acids is 1. The van der Waals surface area contributed by atoms with Gasteiger partial charge in [0.15, 0.2) is 0 Å². The van der Waals surface area contributed by atoms with Gasteiger partial charge >= 0.3 is 0 Å². The third-order valence-corrected chi connectivity index (χ3v) is 1.62. The molecule has 0 aromatic carbocycles. The van der Waals surface area contributed by atoms with Crippen LogP contribution in [0, 0.1) is 0 Å². The lowest BCUT2D eigenvalue weighted by atomic mass is 10.3. The molecule has 1 atom stereocenters. The van der Waals surface area contributed by atoms with Crippen molar-refractivity contribution in [3.8, 4) is 0 Å². The average molecular weight is 194 g/mol.